The smallest absolute Gasteiger partial charge is 0.227 e. The van der Waals surface area contributed by atoms with Gasteiger partial charge in [0.15, 0.2) is 10.7 Å². The third-order valence-electron chi connectivity index (χ3n) is 2.73. The van der Waals surface area contributed by atoms with E-state index in [0.29, 0.717) is 16.5 Å². The maximum Gasteiger partial charge on any atom is 0.227 e. The molecule has 0 amide bonds. The van der Waals surface area contributed by atoms with Crippen molar-refractivity contribution in [1.82, 2.24) is 4.98 Å². The number of thiocarbonyl (C=S) groups is 1. The van der Waals surface area contributed by atoms with Crippen LogP contribution in [0.15, 0.2) is 46.9 Å². The van der Waals surface area contributed by atoms with E-state index in [4.69, 9.17) is 34.0 Å². The normalized spacial score (nSPS) is 10.7. The van der Waals surface area contributed by atoms with Crippen LogP contribution < -0.4 is 11.1 Å². The first-order valence-electron chi connectivity index (χ1n) is 5.85. The number of hydrogen-bond donors (Lipinski definition) is 2. The molecule has 1 heterocycles. The average molecular weight is 304 g/mol. The fourth-order valence-corrected chi connectivity index (χ4v) is 2.20. The topological polar surface area (TPSA) is 64.1 Å². The molecular formula is C14H10ClN3OS. The standard InChI is InChI=1S/C14H10ClN3OS/c15-9-3-1-2-8(6-9)13-18-11-7-10(17-14(16)20)4-5-12(11)19-13/h1-7H,(H3,16,17,20). The largest absolute Gasteiger partial charge is 0.436 e. The molecular weight excluding hydrogens is 294 g/mol. The Labute approximate surface area is 125 Å². The molecule has 100 valence electrons. The van der Waals surface area contributed by atoms with Crippen molar-refractivity contribution in [2.75, 3.05) is 5.32 Å². The van der Waals surface area contributed by atoms with Crippen LogP contribution in [0.25, 0.3) is 22.6 Å². The fraction of sp³-hybridized carbons (Fsp3) is 0. The zero-order chi connectivity index (χ0) is 14.1. The lowest BCUT2D eigenvalue weighted by Gasteiger charge is -2.01. The highest BCUT2D eigenvalue weighted by atomic mass is 35.5. The molecule has 0 saturated heterocycles. The fourth-order valence-electron chi connectivity index (χ4n) is 1.89. The van der Waals surface area contributed by atoms with Crippen molar-refractivity contribution in [3.8, 4) is 11.5 Å². The minimum atomic E-state index is 0.211. The summed E-state index contributed by atoms with van der Waals surface area (Å²) in [6, 6.07) is 12.8. The molecule has 3 aromatic rings. The monoisotopic (exact) mass is 303 g/mol. The second-order valence-corrected chi connectivity index (χ2v) is 5.08. The van der Waals surface area contributed by atoms with E-state index in [0.717, 1.165) is 16.8 Å². The predicted octanol–water partition coefficient (Wildman–Crippen LogP) is 3.80. The highest BCUT2D eigenvalue weighted by Gasteiger charge is 2.09. The van der Waals surface area contributed by atoms with E-state index in [1.807, 2.05) is 30.3 Å². The van der Waals surface area contributed by atoms with Gasteiger partial charge in [-0.1, -0.05) is 17.7 Å². The van der Waals surface area contributed by atoms with Crippen LogP contribution in [0, 0.1) is 0 Å². The Morgan fingerprint density at radius 2 is 2.10 bits per heavy atom. The Morgan fingerprint density at radius 1 is 1.25 bits per heavy atom. The van der Waals surface area contributed by atoms with Crippen LogP contribution in [0.3, 0.4) is 0 Å². The Kier molecular flexibility index (Phi) is 3.30. The van der Waals surface area contributed by atoms with Gasteiger partial charge in [-0.05, 0) is 48.6 Å². The summed E-state index contributed by atoms with van der Waals surface area (Å²) < 4.78 is 5.71. The van der Waals surface area contributed by atoms with Gasteiger partial charge in [0.1, 0.15) is 5.52 Å². The SMILES string of the molecule is NC(=S)Nc1ccc2oc(-c3cccc(Cl)c3)nc2c1. The van der Waals surface area contributed by atoms with Gasteiger partial charge < -0.3 is 15.5 Å². The Bertz CT molecular complexity index is 800. The van der Waals surface area contributed by atoms with Crippen molar-refractivity contribution < 1.29 is 4.42 Å². The second kappa shape index (κ2) is 5.11. The van der Waals surface area contributed by atoms with E-state index in [1.54, 1.807) is 12.1 Å². The summed E-state index contributed by atoms with van der Waals surface area (Å²) in [5.74, 6) is 0.523. The molecule has 2 aromatic carbocycles. The molecule has 0 aliphatic rings. The molecule has 0 atom stereocenters. The summed E-state index contributed by atoms with van der Waals surface area (Å²) in [5, 5.41) is 3.71. The molecule has 0 fully saturated rings. The molecule has 3 rings (SSSR count). The quantitative estimate of drug-likeness (QED) is 0.705. The van der Waals surface area contributed by atoms with E-state index in [1.165, 1.54) is 0 Å². The van der Waals surface area contributed by atoms with Crippen LogP contribution in [-0.4, -0.2) is 10.1 Å². The summed E-state index contributed by atoms with van der Waals surface area (Å²) in [6.45, 7) is 0. The average Bonchev–Trinajstić information content (AvgIpc) is 2.81. The van der Waals surface area contributed by atoms with E-state index >= 15 is 0 Å². The number of benzene rings is 2. The summed E-state index contributed by atoms with van der Waals surface area (Å²) >= 11 is 10.8. The molecule has 0 spiro atoms. The third-order valence-corrected chi connectivity index (χ3v) is 3.06. The molecule has 4 nitrogen and oxygen atoms in total. The van der Waals surface area contributed by atoms with Crippen LogP contribution >= 0.6 is 23.8 Å². The molecule has 3 N–H and O–H groups in total. The molecule has 0 bridgehead atoms. The third kappa shape index (κ3) is 2.59. The number of halogens is 1. The van der Waals surface area contributed by atoms with Crippen molar-refractivity contribution >= 4 is 45.7 Å². The highest BCUT2D eigenvalue weighted by molar-refractivity contribution is 7.80. The van der Waals surface area contributed by atoms with Crippen molar-refractivity contribution in [3.63, 3.8) is 0 Å². The van der Waals surface area contributed by atoms with E-state index in [2.05, 4.69) is 10.3 Å². The van der Waals surface area contributed by atoms with Gasteiger partial charge in [0.2, 0.25) is 5.89 Å². The van der Waals surface area contributed by atoms with Gasteiger partial charge in [-0.3, -0.25) is 0 Å². The summed E-state index contributed by atoms with van der Waals surface area (Å²) in [7, 11) is 0. The zero-order valence-electron chi connectivity index (χ0n) is 10.3. The molecule has 20 heavy (non-hydrogen) atoms. The molecule has 6 heteroatoms. The minimum absolute atomic E-state index is 0.211. The lowest BCUT2D eigenvalue weighted by molar-refractivity contribution is 0.620. The highest BCUT2D eigenvalue weighted by Crippen LogP contribution is 2.27. The van der Waals surface area contributed by atoms with Gasteiger partial charge in [0, 0.05) is 16.3 Å². The van der Waals surface area contributed by atoms with Gasteiger partial charge in [0.25, 0.3) is 0 Å². The van der Waals surface area contributed by atoms with Crippen molar-refractivity contribution in [2.45, 2.75) is 0 Å². The van der Waals surface area contributed by atoms with Crippen LogP contribution in [0.5, 0.6) is 0 Å². The number of nitrogens with two attached hydrogens (primary N) is 1. The molecule has 1 aromatic heterocycles. The number of nitrogens with one attached hydrogen (secondary N) is 1. The van der Waals surface area contributed by atoms with Crippen molar-refractivity contribution in [2.24, 2.45) is 5.73 Å². The molecule has 0 saturated carbocycles. The van der Waals surface area contributed by atoms with E-state index < -0.39 is 0 Å². The summed E-state index contributed by atoms with van der Waals surface area (Å²) in [5.41, 5.74) is 8.46. The maximum absolute atomic E-state index is 5.97. The number of oxazole rings is 1. The lowest BCUT2D eigenvalue weighted by Crippen LogP contribution is -2.18. The van der Waals surface area contributed by atoms with Gasteiger partial charge in [-0.15, -0.1) is 0 Å². The number of anilines is 1. The first-order chi connectivity index (χ1) is 9.61. The molecule has 0 aliphatic heterocycles. The van der Waals surface area contributed by atoms with Gasteiger partial charge >= 0.3 is 0 Å². The van der Waals surface area contributed by atoms with Crippen LogP contribution in [0.1, 0.15) is 0 Å². The summed E-state index contributed by atoms with van der Waals surface area (Å²) in [6.07, 6.45) is 0. The van der Waals surface area contributed by atoms with Gasteiger partial charge in [-0.25, -0.2) is 4.98 Å². The minimum Gasteiger partial charge on any atom is -0.436 e. The van der Waals surface area contributed by atoms with Gasteiger partial charge in [0.05, 0.1) is 0 Å². The lowest BCUT2D eigenvalue weighted by atomic mass is 10.2. The van der Waals surface area contributed by atoms with Crippen molar-refractivity contribution in [3.05, 3.63) is 47.5 Å². The maximum atomic E-state index is 5.97. The molecule has 0 aliphatic carbocycles. The van der Waals surface area contributed by atoms with Crippen LogP contribution in [-0.2, 0) is 0 Å². The Balaban J connectivity index is 2.04. The first-order valence-corrected chi connectivity index (χ1v) is 6.63. The summed E-state index contributed by atoms with van der Waals surface area (Å²) in [4.78, 5) is 4.44. The number of aromatic nitrogens is 1. The number of hydrogen-bond acceptors (Lipinski definition) is 3. The first kappa shape index (κ1) is 12.9. The van der Waals surface area contributed by atoms with E-state index in [9.17, 15) is 0 Å². The predicted molar refractivity (Wildman–Crippen MR) is 84.9 cm³/mol. The second-order valence-electron chi connectivity index (χ2n) is 4.20. The molecule has 0 unspecified atom stereocenters. The Morgan fingerprint density at radius 3 is 2.85 bits per heavy atom. The van der Waals surface area contributed by atoms with Gasteiger partial charge in [-0.2, -0.15) is 0 Å². The van der Waals surface area contributed by atoms with Crippen LogP contribution in [0.4, 0.5) is 5.69 Å². The van der Waals surface area contributed by atoms with Crippen molar-refractivity contribution in [1.29, 1.82) is 0 Å². The number of fused-ring (bicyclic) bond motifs is 1. The number of rotatable bonds is 2. The Hall–Kier alpha value is -2.11. The molecule has 0 radical (unpaired) electrons. The number of nitrogens with zero attached hydrogens (tertiary/aromatic N) is 1. The van der Waals surface area contributed by atoms with Crippen LogP contribution in [0.2, 0.25) is 5.02 Å². The van der Waals surface area contributed by atoms with E-state index in [-0.39, 0.29) is 5.11 Å². The zero-order valence-corrected chi connectivity index (χ0v) is 11.8.